The summed E-state index contributed by atoms with van der Waals surface area (Å²) in [5, 5.41) is 15.3. The SMILES string of the molecule is Cc1ccc(NC(=O)CSc2nc(C)nc3ccccc23)c([N+](=O)[O-])c1. The zero-order valence-corrected chi connectivity index (χ0v) is 15.0. The number of hydrogen-bond donors (Lipinski definition) is 1. The third kappa shape index (κ3) is 3.97. The largest absolute Gasteiger partial charge is 0.320 e. The first-order valence-corrected chi connectivity index (χ1v) is 8.83. The molecule has 0 saturated carbocycles. The molecular weight excluding hydrogens is 352 g/mol. The molecule has 26 heavy (non-hydrogen) atoms. The van der Waals surface area contributed by atoms with Crippen LogP contribution >= 0.6 is 11.8 Å². The van der Waals surface area contributed by atoms with Crippen molar-refractivity contribution in [3.63, 3.8) is 0 Å². The minimum atomic E-state index is -0.503. The summed E-state index contributed by atoms with van der Waals surface area (Å²) in [7, 11) is 0. The molecule has 0 atom stereocenters. The summed E-state index contributed by atoms with van der Waals surface area (Å²) < 4.78 is 0. The number of nitrogens with zero attached hydrogens (tertiary/aromatic N) is 3. The standard InChI is InChI=1S/C18H16N4O3S/c1-11-7-8-15(16(9-11)22(24)25)21-17(23)10-26-18-13-5-3-4-6-14(13)19-12(2)20-18/h3-9H,10H2,1-2H3,(H,21,23). The molecule has 3 rings (SSSR count). The van der Waals surface area contributed by atoms with Crippen molar-refractivity contribution in [2.75, 3.05) is 11.1 Å². The lowest BCUT2D eigenvalue weighted by atomic mass is 10.2. The van der Waals surface area contributed by atoms with E-state index in [0.717, 1.165) is 16.5 Å². The second-order valence-electron chi connectivity index (χ2n) is 5.71. The van der Waals surface area contributed by atoms with E-state index in [2.05, 4.69) is 15.3 Å². The van der Waals surface area contributed by atoms with Crippen LogP contribution in [0.15, 0.2) is 47.5 Å². The van der Waals surface area contributed by atoms with Crippen molar-refractivity contribution in [3.05, 3.63) is 64.0 Å². The van der Waals surface area contributed by atoms with E-state index < -0.39 is 4.92 Å². The molecule has 0 aliphatic heterocycles. The minimum absolute atomic E-state index is 0.0888. The number of amides is 1. The van der Waals surface area contributed by atoms with Gasteiger partial charge in [-0.05, 0) is 31.5 Å². The molecular formula is C18H16N4O3S. The Labute approximate surface area is 154 Å². The molecule has 0 unspecified atom stereocenters. The number of nitrogens with one attached hydrogen (secondary N) is 1. The van der Waals surface area contributed by atoms with Gasteiger partial charge in [-0.1, -0.05) is 36.0 Å². The van der Waals surface area contributed by atoms with E-state index in [1.807, 2.05) is 24.3 Å². The van der Waals surface area contributed by atoms with Gasteiger partial charge in [-0.25, -0.2) is 9.97 Å². The third-order valence-corrected chi connectivity index (χ3v) is 4.64. The maximum absolute atomic E-state index is 12.3. The average molecular weight is 368 g/mol. The van der Waals surface area contributed by atoms with Crippen molar-refractivity contribution in [2.45, 2.75) is 18.9 Å². The monoisotopic (exact) mass is 368 g/mol. The van der Waals surface area contributed by atoms with E-state index in [4.69, 9.17) is 0 Å². The van der Waals surface area contributed by atoms with Crippen LogP contribution in [-0.2, 0) is 4.79 Å². The van der Waals surface area contributed by atoms with Gasteiger partial charge in [-0.15, -0.1) is 0 Å². The van der Waals surface area contributed by atoms with Crippen LogP contribution in [-0.4, -0.2) is 26.6 Å². The number of carbonyl (C=O) groups excluding carboxylic acids is 1. The van der Waals surface area contributed by atoms with Crippen LogP contribution in [0.2, 0.25) is 0 Å². The van der Waals surface area contributed by atoms with Crippen LogP contribution in [0.25, 0.3) is 10.9 Å². The number of aromatic nitrogens is 2. The number of para-hydroxylation sites is 1. The molecule has 2 aromatic carbocycles. The van der Waals surface area contributed by atoms with Gasteiger partial charge < -0.3 is 5.32 Å². The van der Waals surface area contributed by atoms with Crippen LogP contribution in [0.5, 0.6) is 0 Å². The van der Waals surface area contributed by atoms with Gasteiger partial charge in [0.05, 0.1) is 16.2 Å². The van der Waals surface area contributed by atoms with E-state index in [0.29, 0.717) is 10.9 Å². The highest BCUT2D eigenvalue weighted by Crippen LogP contribution is 2.27. The molecule has 0 spiro atoms. The van der Waals surface area contributed by atoms with Crippen molar-refractivity contribution < 1.29 is 9.72 Å². The minimum Gasteiger partial charge on any atom is -0.320 e. The van der Waals surface area contributed by atoms with Crippen LogP contribution in [0.4, 0.5) is 11.4 Å². The van der Waals surface area contributed by atoms with E-state index in [9.17, 15) is 14.9 Å². The Morgan fingerprint density at radius 1 is 1.19 bits per heavy atom. The second kappa shape index (κ2) is 7.49. The number of aryl methyl sites for hydroxylation is 2. The zero-order chi connectivity index (χ0) is 18.7. The summed E-state index contributed by atoms with van der Waals surface area (Å²) in [5.74, 6) is 0.383. The molecule has 1 N–H and O–H groups in total. The van der Waals surface area contributed by atoms with Crippen LogP contribution < -0.4 is 5.32 Å². The fourth-order valence-corrected chi connectivity index (χ4v) is 3.35. The molecule has 7 nitrogen and oxygen atoms in total. The summed E-state index contributed by atoms with van der Waals surface area (Å²) in [5.41, 5.74) is 1.64. The molecule has 0 aliphatic rings. The van der Waals surface area contributed by atoms with Crippen molar-refractivity contribution in [3.8, 4) is 0 Å². The van der Waals surface area contributed by atoms with Gasteiger partial charge in [0.15, 0.2) is 0 Å². The quantitative estimate of drug-likeness (QED) is 0.317. The lowest BCUT2D eigenvalue weighted by Gasteiger charge is -2.08. The first-order valence-electron chi connectivity index (χ1n) is 7.85. The Kier molecular flexibility index (Phi) is 5.13. The fourth-order valence-electron chi connectivity index (χ4n) is 2.49. The van der Waals surface area contributed by atoms with E-state index in [-0.39, 0.29) is 23.0 Å². The number of anilines is 1. The third-order valence-electron chi connectivity index (χ3n) is 3.64. The summed E-state index contributed by atoms with van der Waals surface area (Å²) in [6, 6.07) is 12.3. The molecule has 1 amide bonds. The van der Waals surface area contributed by atoms with Crippen LogP contribution in [0.1, 0.15) is 11.4 Å². The van der Waals surface area contributed by atoms with Gasteiger partial charge in [0.2, 0.25) is 5.91 Å². The Balaban J connectivity index is 1.76. The molecule has 1 heterocycles. The molecule has 8 heteroatoms. The molecule has 3 aromatic rings. The van der Waals surface area contributed by atoms with Gasteiger partial charge in [-0.2, -0.15) is 0 Å². The predicted octanol–water partition coefficient (Wildman–Crippen LogP) is 3.89. The summed E-state index contributed by atoms with van der Waals surface area (Å²) in [4.78, 5) is 31.7. The summed E-state index contributed by atoms with van der Waals surface area (Å²) in [6.07, 6.45) is 0. The van der Waals surface area contributed by atoms with E-state index in [1.54, 1.807) is 26.0 Å². The number of nitro benzene ring substituents is 1. The lowest BCUT2D eigenvalue weighted by molar-refractivity contribution is -0.384. The summed E-state index contributed by atoms with van der Waals surface area (Å²) >= 11 is 1.28. The second-order valence-corrected chi connectivity index (χ2v) is 6.67. The van der Waals surface area contributed by atoms with E-state index >= 15 is 0 Å². The molecule has 0 radical (unpaired) electrons. The number of thioether (sulfide) groups is 1. The van der Waals surface area contributed by atoms with Crippen molar-refractivity contribution in [1.29, 1.82) is 0 Å². The van der Waals surface area contributed by atoms with Gasteiger partial charge in [0.25, 0.3) is 5.69 Å². The van der Waals surface area contributed by atoms with Gasteiger partial charge in [-0.3, -0.25) is 14.9 Å². The molecule has 0 fully saturated rings. The first-order chi connectivity index (χ1) is 12.4. The number of hydrogen-bond acceptors (Lipinski definition) is 6. The Hall–Kier alpha value is -3.00. The van der Waals surface area contributed by atoms with Crippen LogP contribution in [0.3, 0.4) is 0 Å². The van der Waals surface area contributed by atoms with Gasteiger partial charge in [0.1, 0.15) is 16.5 Å². The zero-order valence-electron chi connectivity index (χ0n) is 14.2. The smallest absolute Gasteiger partial charge is 0.293 e. The first kappa shape index (κ1) is 17.8. The number of rotatable bonds is 5. The summed E-state index contributed by atoms with van der Waals surface area (Å²) in [6.45, 7) is 3.56. The van der Waals surface area contributed by atoms with Crippen molar-refractivity contribution in [1.82, 2.24) is 9.97 Å². The molecule has 1 aromatic heterocycles. The molecule has 0 aliphatic carbocycles. The van der Waals surface area contributed by atoms with Gasteiger partial charge in [0, 0.05) is 11.5 Å². The number of benzene rings is 2. The van der Waals surface area contributed by atoms with Gasteiger partial charge >= 0.3 is 0 Å². The average Bonchev–Trinajstić information content (AvgIpc) is 2.61. The molecule has 0 bridgehead atoms. The Morgan fingerprint density at radius 3 is 2.73 bits per heavy atom. The highest BCUT2D eigenvalue weighted by molar-refractivity contribution is 8.00. The highest BCUT2D eigenvalue weighted by atomic mass is 32.2. The highest BCUT2D eigenvalue weighted by Gasteiger charge is 2.16. The predicted molar refractivity (Wildman–Crippen MR) is 101 cm³/mol. The number of nitro groups is 1. The topological polar surface area (TPSA) is 98.0 Å². The normalized spacial score (nSPS) is 10.7. The number of carbonyl (C=O) groups is 1. The number of fused-ring (bicyclic) bond motifs is 1. The van der Waals surface area contributed by atoms with Crippen LogP contribution in [0, 0.1) is 24.0 Å². The lowest BCUT2D eigenvalue weighted by Crippen LogP contribution is -2.15. The maximum Gasteiger partial charge on any atom is 0.293 e. The maximum atomic E-state index is 12.3. The van der Waals surface area contributed by atoms with Crippen molar-refractivity contribution in [2.24, 2.45) is 0 Å². The Bertz CT molecular complexity index is 1010. The molecule has 132 valence electrons. The molecule has 0 saturated heterocycles. The fraction of sp³-hybridized carbons (Fsp3) is 0.167. The van der Waals surface area contributed by atoms with E-state index in [1.165, 1.54) is 17.8 Å². The Morgan fingerprint density at radius 2 is 1.96 bits per heavy atom. The van der Waals surface area contributed by atoms with Crippen molar-refractivity contribution >= 4 is 39.9 Å².